The molecule has 2 aromatic carbocycles. The number of likely N-dealkylation sites (tertiary alicyclic amines) is 1. The number of piperidine rings is 1. The third-order valence-corrected chi connectivity index (χ3v) is 7.12. The first-order chi connectivity index (χ1) is 21.0. The Labute approximate surface area is 277 Å². The van der Waals surface area contributed by atoms with Crippen molar-refractivity contribution in [2.24, 2.45) is 0 Å². The summed E-state index contributed by atoms with van der Waals surface area (Å²) >= 11 is 0. The summed E-state index contributed by atoms with van der Waals surface area (Å²) < 4.78 is 92.5. The summed E-state index contributed by atoms with van der Waals surface area (Å²) in [5.41, 5.74) is -4.74. The van der Waals surface area contributed by atoms with E-state index in [1.807, 2.05) is 0 Å². The SMILES string of the molecule is CC(C)(C)OC(=O)CN(CC(=O)OC(C)(C)C)[C@H]1CCN(C(=O)c2cc(C(F)(F)F)cc(C(F)(F)F)c2)[C@H](Cc2ccccc2)C1.Cl. The number of alkyl halides is 6. The van der Waals surface area contributed by atoms with Gasteiger partial charge in [-0.1, -0.05) is 30.3 Å². The fourth-order valence-electron chi connectivity index (χ4n) is 5.35. The van der Waals surface area contributed by atoms with Crippen molar-refractivity contribution in [3.8, 4) is 0 Å². The maximum absolute atomic E-state index is 13.7. The van der Waals surface area contributed by atoms with E-state index in [-0.39, 0.29) is 57.4 Å². The minimum Gasteiger partial charge on any atom is -0.459 e. The summed E-state index contributed by atoms with van der Waals surface area (Å²) in [4.78, 5) is 42.3. The normalized spacial score (nSPS) is 17.6. The summed E-state index contributed by atoms with van der Waals surface area (Å²) in [6.45, 7) is 9.55. The summed E-state index contributed by atoms with van der Waals surface area (Å²) in [6.07, 6.45) is -9.67. The van der Waals surface area contributed by atoms with E-state index in [1.54, 1.807) is 76.8 Å². The molecule has 0 saturated carbocycles. The predicted molar refractivity (Wildman–Crippen MR) is 165 cm³/mol. The standard InChI is InChI=1S/C33H40F6N2O5.ClH/c1-30(2,3)45-27(42)19-40(20-28(43)46-31(4,5)6)25-12-13-41(26(18-25)14-21-10-8-7-9-11-21)29(44)22-15-23(32(34,35)36)17-24(16-22)33(37,38)39;/h7-11,15-17,25-26H,12-14,18-20H2,1-6H3;1H/t25-,26+;/m0./s1. The number of hydrogen-bond acceptors (Lipinski definition) is 6. The second-order valence-electron chi connectivity index (χ2n) is 13.4. The van der Waals surface area contributed by atoms with E-state index in [1.165, 1.54) is 4.90 Å². The van der Waals surface area contributed by atoms with Crippen molar-refractivity contribution in [1.82, 2.24) is 9.80 Å². The van der Waals surface area contributed by atoms with Crippen LogP contribution < -0.4 is 0 Å². The van der Waals surface area contributed by atoms with Crippen molar-refractivity contribution in [3.05, 3.63) is 70.8 Å². The smallest absolute Gasteiger partial charge is 0.416 e. The van der Waals surface area contributed by atoms with Crippen molar-refractivity contribution in [1.29, 1.82) is 0 Å². The Morgan fingerprint density at radius 2 is 1.26 bits per heavy atom. The average Bonchev–Trinajstić information content (AvgIpc) is 2.89. The van der Waals surface area contributed by atoms with Crippen LogP contribution in [0.2, 0.25) is 0 Å². The highest BCUT2D eigenvalue weighted by atomic mass is 35.5. The molecule has 262 valence electrons. The van der Waals surface area contributed by atoms with Crippen molar-refractivity contribution in [2.45, 2.75) is 96.4 Å². The zero-order valence-electron chi connectivity index (χ0n) is 27.1. The molecule has 1 amide bonds. The van der Waals surface area contributed by atoms with Crippen LogP contribution in [-0.4, -0.2) is 70.6 Å². The molecule has 2 aromatic rings. The highest BCUT2D eigenvalue weighted by molar-refractivity contribution is 5.95. The number of esters is 2. The number of hydrogen-bond donors (Lipinski definition) is 0. The average molecular weight is 695 g/mol. The molecule has 47 heavy (non-hydrogen) atoms. The van der Waals surface area contributed by atoms with Crippen molar-refractivity contribution < 1.29 is 50.2 Å². The lowest BCUT2D eigenvalue weighted by Crippen LogP contribution is -2.55. The van der Waals surface area contributed by atoms with Crippen molar-refractivity contribution >= 4 is 30.3 Å². The molecule has 1 saturated heterocycles. The maximum atomic E-state index is 13.7. The van der Waals surface area contributed by atoms with Crippen molar-refractivity contribution in [3.63, 3.8) is 0 Å². The Kier molecular flexibility index (Phi) is 13.0. The highest BCUT2D eigenvalue weighted by Crippen LogP contribution is 2.37. The first kappa shape index (κ1) is 39.9. The molecule has 3 rings (SSSR count). The molecule has 1 aliphatic heterocycles. The van der Waals surface area contributed by atoms with E-state index in [9.17, 15) is 40.7 Å². The number of rotatable bonds is 8. The molecule has 0 unspecified atom stereocenters. The monoisotopic (exact) mass is 694 g/mol. The second kappa shape index (κ2) is 15.3. The van der Waals surface area contributed by atoms with E-state index in [4.69, 9.17) is 9.47 Å². The van der Waals surface area contributed by atoms with Gasteiger partial charge in [0.05, 0.1) is 24.2 Å². The second-order valence-corrected chi connectivity index (χ2v) is 13.4. The Balaban J connectivity index is 0.00000768. The minimum atomic E-state index is -5.11. The van der Waals surface area contributed by atoms with Gasteiger partial charge in [-0.2, -0.15) is 26.3 Å². The predicted octanol–water partition coefficient (Wildman–Crippen LogP) is 7.35. The number of nitrogens with zero attached hydrogens (tertiary/aromatic N) is 2. The number of carbonyl (C=O) groups is 3. The molecule has 1 heterocycles. The van der Waals surface area contributed by atoms with E-state index in [2.05, 4.69) is 0 Å². The van der Waals surface area contributed by atoms with Gasteiger partial charge < -0.3 is 14.4 Å². The summed E-state index contributed by atoms with van der Waals surface area (Å²) in [7, 11) is 0. The largest absolute Gasteiger partial charge is 0.459 e. The van der Waals surface area contributed by atoms with E-state index < -0.39 is 70.2 Å². The zero-order chi connectivity index (χ0) is 34.7. The van der Waals surface area contributed by atoms with Crippen LogP contribution in [-0.2, 0) is 37.8 Å². The van der Waals surface area contributed by atoms with E-state index in [0.29, 0.717) is 12.1 Å². The Hall–Kier alpha value is -3.32. The molecule has 14 heteroatoms. The van der Waals surface area contributed by atoms with Crippen LogP contribution in [0.4, 0.5) is 26.3 Å². The first-order valence-electron chi connectivity index (χ1n) is 14.8. The third-order valence-electron chi connectivity index (χ3n) is 7.12. The third kappa shape index (κ3) is 12.3. The lowest BCUT2D eigenvalue weighted by Gasteiger charge is -2.43. The van der Waals surface area contributed by atoms with Crippen LogP contribution in [0.1, 0.15) is 81.4 Å². The number of carbonyl (C=O) groups excluding carboxylic acids is 3. The summed E-state index contributed by atoms with van der Waals surface area (Å²) in [5.74, 6) is -2.18. The van der Waals surface area contributed by atoms with E-state index in [0.717, 1.165) is 5.56 Å². The number of halogens is 7. The van der Waals surface area contributed by atoms with Crippen LogP contribution >= 0.6 is 12.4 Å². The molecular formula is C33H41ClF6N2O5. The Morgan fingerprint density at radius 1 is 0.787 bits per heavy atom. The number of amides is 1. The van der Waals surface area contributed by atoms with Gasteiger partial charge in [0.25, 0.3) is 5.91 Å². The van der Waals surface area contributed by atoms with Gasteiger partial charge >= 0.3 is 24.3 Å². The maximum Gasteiger partial charge on any atom is 0.416 e. The molecule has 0 bridgehead atoms. The first-order valence-corrected chi connectivity index (χ1v) is 14.8. The van der Waals surface area contributed by atoms with Gasteiger partial charge in [0.2, 0.25) is 0 Å². The number of ether oxygens (including phenoxy) is 2. The fraction of sp³-hybridized carbons (Fsp3) is 0.545. The topological polar surface area (TPSA) is 76.2 Å². The zero-order valence-corrected chi connectivity index (χ0v) is 27.9. The van der Waals surface area contributed by atoms with Gasteiger partial charge in [-0.15, -0.1) is 12.4 Å². The number of benzene rings is 2. The van der Waals surface area contributed by atoms with Crippen LogP contribution in [0.15, 0.2) is 48.5 Å². The molecule has 2 atom stereocenters. The molecule has 7 nitrogen and oxygen atoms in total. The molecule has 0 aromatic heterocycles. The van der Waals surface area contributed by atoms with Crippen molar-refractivity contribution in [2.75, 3.05) is 19.6 Å². The molecule has 0 spiro atoms. The van der Waals surface area contributed by atoms with Crippen LogP contribution in [0, 0.1) is 0 Å². The van der Waals surface area contributed by atoms with Gasteiger partial charge in [0.15, 0.2) is 0 Å². The van der Waals surface area contributed by atoms with Crippen LogP contribution in [0.3, 0.4) is 0 Å². The minimum absolute atomic E-state index is 0. The van der Waals surface area contributed by atoms with Gasteiger partial charge in [0.1, 0.15) is 11.2 Å². The van der Waals surface area contributed by atoms with Gasteiger partial charge in [-0.3, -0.25) is 19.3 Å². The Morgan fingerprint density at radius 3 is 1.68 bits per heavy atom. The Bertz CT molecular complexity index is 1320. The molecule has 1 fully saturated rings. The molecule has 1 aliphatic rings. The lowest BCUT2D eigenvalue weighted by molar-refractivity contribution is -0.161. The molecule has 0 N–H and O–H groups in total. The van der Waals surface area contributed by atoms with E-state index >= 15 is 0 Å². The van der Waals surface area contributed by atoms with Crippen LogP contribution in [0.5, 0.6) is 0 Å². The summed E-state index contributed by atoms with van der Waals surface area (Å²) in [5, 5.41) is 0. The molecule has 0 aliphatic carbocycles. The highest BCUT2D eigenvalue weighted by Gasteiger charge is 2.40. The summed E-state index contributed by atoms with van der Waals surface area (Å²) in [6, 6.07) is 8.55. The van der Waals surface area contributed by atoms with Gasteiger partial charge in [0, 0.05) is 24.2 Å². The fourth-order valence-corrected chi connectivity index (χ4v) is 5.35. The molecule has 0 radical (unpaired) electrons. The lowest BCUT2D eigenvalue weighted by atomic mass is 9.90. The van der Waals surface area contributed by atoms with Gasteiger partial charge in [-0.05, 0) is 84.6 Å². The van der Waals surface area contributed by atoms with Crippen LogP contribution in [0.25, 0.3) is 0 Å². The quantitative estimate of drug-likeness (QED) is 0.213. The molecular weight excluding hydrogens is 654 g/mol. The van der Waals surface area contributed by atoms with Gasteiger partial charge in [-0.25, -0.2) is 0 Å².